The number of likely N-dealkylation sites (tertiary alicyclic amines) is 1. The first-order chi connectivity index (χ1) is 5.38. The molecule has 1 rings (SSSR count). The molecule has 1 aliphatic heterocycles. The molecule has 0 bridgehead atoms. The molecule has 12 heavy (non-hydrogen) atoms. The third-order valence-corrected chi connectivity index (χ3v) is 2.51. The van der Waals surface area contributed by atoms with Crippen molar-refractivity contribution in [2.24, 2.45) is 5.41 Å². The van der Waals surface area contributed by atoms with Crippen LogP contribution in [-0.4, -0.2) is 35.7 Å². The Kier molecular flexibility index (Phi) is 2.79. The summed E-state index contributed by atoms with van der Waals surface area (Å²) in [6, 6.07) is 0.583. The normalized spacial score (nSPS) is 32.8. The minimum atomic E-state index is -0.0950. The van der Waals surface area contributed by atoms with E-state index >= 15 is 0 Å². The average Bonchev–Trinajstić information content (AvgIpc) is 2.06. The van der Waals surface area contributed by atoms with Gasteiger partial charge in [-0.05, 0) is 25.3 Å². The van der Waals surface area contributed by atoms with Crippen molar-refractivity contribution in [1.82, 2.24) is 4.90 Å². The van der Waals surface area contributed by atoms with Gasteiger partial charge in [0.2, 0.25) is 0 Å². The minimum absolute atomic E-state index is 0.0950. The van der Waals surface area contributed by atoms with E-state index in [2.05, 4.69) is 32.7 Å². The topological polar surface area (TPSA) is 23.5 Å². The highest BCUT2D eigenvalue weighted by Gasteiger charge is 2.30. The first-order valence-corrected chi connectivity index (χ1v) is 4.77. The number of rotatable bonds is 1. The Labute approximate surface area is 75.6 Å². The Balaban J connectivity index is 2.43. The van der Waals surface area contributed by atoms with Gasteiger partial charge in [-0.15, -0.1) is 0 Å². The van der Waals surface area contributed by atoms with Crippen LogP contribution in [0.15, 0.2) is 0 Å². The largest absolute Gasteiger partial charge is 0.392 e. The van der Waals surface area contributed by atoms with Gasteiger partial charge in [-0.2, -0.15) is 0 Å². The summed E-state index contributed by atoms with van der Waals surface area (Å²) in [7, 11) is 2.10. The van der Waals surface area contributed by atoms with Crippen LogP contribution in [0.3, 0.4) is 0 Å². The molecule has 1 saturated heterocycles. The zero-order chi connectivity index (χ0) is 9.35. The second kappa shape index (κ2) is 3.35. The average molecular weight is 171 g/mol. The van der Waals surface area contributed by atoms with Crippen LogP contribution >= 0.6 is 0 Å². The molecule has 0 amide bonds. The SMILES string of the molecule is CN1CC(O)CC1CC(C)(C)C. The number of hydrogen-bond acceptors (Lipinski definition) is 2. The summed E-state index contributed by atoms with van der Waals surface area (Å²) in [6.45, 7) is 7.61. The predicted octanol–water partition coefficient (Wildman–Crippen LogP) is 1.49. The van der Waals surface area contributed by atoms with E-state index in [1.165, 1.54) is 6.42 Å². The highest BCUT2D eigenvalue weighted by molar-refractivity contribution is 4.85. The lowest BCUT2D eigenvalue weighted by atomic mass is 9.87. The molecule has 1 fully saturated rings. The highest BCUT2D eigenvalue weighted by atomic mass is 16.3. The number of aliphatic hydroxyl groups excluding tert-OH is 1. The molecule has 2 unspecified atom stereocenters. The van der Waals surface area contributed by atoms with Gasteiger partial charge in [-0.25, -0.2) is 0 Å². The first-order valence-electron chi connectivity index (χ1n) is 4.77. The van der Waals surface area contributed by atoms with E-state index in [9.17, 15) is 5.11 Å². The van der Waals surface area contributed by atoms with Crippen LogP contribution in [0.2, 0.25) is 0 Å². The maximum Gasteiger partial charge on any atom is 0.0682 e. The second-order valence-corrected chi connectivity index (χ2v) is 5.25. The molecule has 0 aromatic carbocycles. The summed E-state index contributed by atoms with van der Waals surface area (Å²) < 4.78 is 0. The molecular formula is C10H21NO. The molecule has 0 spiro atoms. The Morgan fingerprint density at radius 2 is 2.00 bits per heavy atom. The van der Waals surface area contributed by atoms with Crippen LogP contribution in [0.4, 0.5) is 0 Å². The summed E-state index contributed by atoms with van der Waals surface area (Å²) in [5, 5.41) is 9.43. The van der Waals surface area contributed by atoms with E-state index in [0.717, 1.165) is 13.0 Å². The van der Waals surface area contributed by atoms with Crippen molar-refractivity contribution in [3.05, 3.63) is 0 Å². The van der Waals surface area contributed by atoms with Crippen LogP contribution in [0.5, 0.6) is 0 Å². The van der Waals surface area contributed by atoms with E-state index in [1.807, 2.05) is 0 Å². The zero-order valence-electron chi connectivity index (χ0n) is 8.67. The van der Waals surface area contributed by atoms with E-state index in [0.29, 0.717) is 11.5 Å². The van der Waals surface area contributed by atoms with Crippen LogP contribution in [0.25, 0.3) is 0 Å². The molecule has 2 atom stereocenters. The smallest absolute Gasteiger partial charge is 0.0682 e. The molecule has 2 heteroatoms. The number of β-amino-alcohol motifs (C(OH)–C–C–N with tert-alkyl or cyclic N) is 1. The van der Waals surface area contributed by atoms with Crippen molar-refractivity contribution in [2.75, 3.05) is 13.6 Å². The van der Waals surface area contributed by atoms with Crippen molar-refractivity contribution in [2.45, 2.75) is 45.8 Å². The van der Waals surface area contributed by atoms with Gasteiger partial charge in [0.15, 0.2) is 0 Å². The molecule has 0 aliphatic carbocycles. The molecule has 0 aromatic heterocycles. The predicted molar refractivity (Wildman–Crippen MR) is 51.1 cm³/mol. The second-order valence-electron chi connectivity index (χ2n) is 5.25. The Morgan fingerprint density at radius 1 is 1.42 bits per heavy atom. The molecule has 1 heterocycles. The number of hydrogen-bond donors (Lipinski definition) is 1. The van der Waals surface area contributed by atoms with Gasteiger partial charge in [0.25, 0.3) is 0 Å². The van der Waals surface area contributed by atoms with Gasteiger partial charge in [0.1, 0.15) is 0 Å². The number of nitrogens with zero attached hydrogens (tertiary/aromatic N) is 1. The Hall–Kier alpha value is -0.0800. The standard InChI is InChI=1S/C10H21NO/c1-10(2,3)6-8-5-9(12)7-11(8)4/h8-9,12H,5-7H2,1-4H3. The lowest BCUT2D eigenvalue weighted by Gasteiger charge is -2.27. The van der Waals surface area contributed by atoms with Gasteiger partial charge in [0.05, 0.1) is 6.10 Å². The van der Waals surface area contributed by atoms with Gasteiger partial charge in [-0.1, -0.05) is 20.8 Å². The molecule has 0 aromatic rings. The van der Waals surface area contributed by atoms with Crippen LogP contribution in [-0.2, 0) is 0 Å². The van der Waals surface area contributed by atoms with Gasteiger partial charge in [-0.3, -0.25) is 0 Å². The highest BCUT2D eigenvalue weighted by Crippen LogP contribution is 2.28. The van der Waals surface area contributed by atoms with Crippen molar-refractivity contribution in [3.63, 3.8) is 0 Å². The van der Waals surface area contributed by atoms with E-state index in [-0.39, 0.29) is 6.10 Å². The van der Waals surface area contributed by atoms with Gasteiger partial charge in [0, 0.05) is 12.6 Å². The Bertz CT molecular complexity index is 150. The van der Waals surface area contributed by atoms with Gasteiger partial charge >= 0.3 is 0 Å². The first kappa shape index (κ1) is 10.0. The quantitative estimate of drug-likeness (QED) is 0.646. The fourth-order valence-corrected chi connectivity index (χ4v) is 2.00. The van der Waals surface area contributed by atoms with Crippen molar-refractivity contribution >= 4 is 0 Å². The number of aliphatic hydroxyl groups is 1. The van der Waals surface area contributed by atoms with E-state index < -0.39 is 0 Å². The van der Waals surface area contributed by atoms with E-state index in [4.69, 9.17) is 0 Å². The summed E-state index contributed by atoms with van der Waals surface area (Å²) in [4.78, 5) is 2.27. The third kappa shape index (κ3) is 2.76. The molecule has 72 valence electrons. The summed E-state index contributed by atoms with van der Waals surface area (Å²) in [5.74, 6) is 0. The van der Waals surface area contributed by atoms with Crippen LogP contribution in [0.1, 0.15) is 33.6 Å². The minimum Gasteiger partial charge on any atom is -0.392 e. The molecule has 1 N–H and O–H groups in total. The summed E-state index contributed by atoms with van der Waals surface area (Å²) in [5.41, 5.74) is 0.378. The number of likely N-dealkylation sites (N-methyl/N-ethyl adjacent to an activating group) is 1. The lowest BCUT2D eigenvalue weighted by Crippen LogP contribution is -2.29. The molecular weight excluding hydrogens is 150 g/mol. The van der Waals surface area contributed by atoms with E-state index in [1.54, 1.807) is 0 Å². The molecule has 2 nitrogen and oxygen atoms in total. The maximum absolute atomic E-state index is 9.43. The fraction of sp³-hybridized carbons (Fsp3) is 1.00. The molecule has 1 aliphatic rings. The maximum atomic E-state index is 9.43. The van der Waals surface area contributed by atoms with Crippen molar-refractivity contribution < 1.29 is 5.11 Å². The molecule has 0 radical (unpaired) electrons. The van der Waals surface area contributed by atoms with Crippen LogP contribution in [0, 0.1) is 5.41 Å². The Morgan fingerprint density at radius 3 is 2.33 bits per heavy atom. The third-order valence-electron chi connectivity index (χ3n) is 2.51. The molecule has 0 saturated carbocycles. The summed E-state index contributed by atoms with van der Waals surface area (Å²) >= 11 is 0. The van der Waals surface area contributed by atoms with Crippen LogP contribution < -0.4 is 0 Å². The van der Waals surface area contributed by atoms with Crippen molar-refractivity contribution in [3.8, 4) is 0 Å². The fourth-order valence-electron chi connectivity index (χ4n) is 2.00. The van der Waals surface area contributed by atoms with Crippen molar-refractivity contribution in [1.29, 1.82) is 0 Å². The monoisotopic (exact) mass is 171 g/mol. The lowest BCUT2D eigenvalue weighted by molar-refractivity contribution is 0.182. The summed E-state index contributed by atoms with van der Waals surface area (Å²) in [6.07, 6.45) is 2.04. The zero-order valence-corrected chi connectivity index (χ0v) is 8.67. The van der Waals surface area contributed by atoms with Gasteiger partial charge < -0.3 is 10.0 Å².